The fraction of sp³-hybridized carbons (Fsp3) is 0.842. The first kappa shape index (κ1) is 24.1. The molecule has 0 saturated carbocycles. The average Bonchev–Trinajstić information content (AvgIpc) is 3.07. The van der Waals surface area contributed by atoms with Crippen LogP contribution in [-0.4, -0.2) is 57.8 Å². The fourth-order valence-corrected chi connectivity index (χ4v) is 3.42. The van der Waals surface area contributed by atoms with Crippen LogP contribution in [0, 0.1) is 0 Å². The highest BCUT2D eigenvalue weighted by atomic mass is 127. The van der Waals surface area contributed by atoms with E-state index in [1.54, 1.807) is 0 Å². The summed E-state index contributed by atoms with van der Waals surface area (Å²) >= 11 is 0. The van der Waals surface area contributed by atoms with E-state index < -0.39 is 0 Å². The van der Waals surface area contributed by atoms with Gasteiger partial charge in [-0.2, -0.15) is 0 Å². The molecule has 0 aromatic carbocycles. The number of hydrogen-bond donors (Lipinski definition) is 2. The summed E-state index contributed by atoms with van der Waals surface area (Å²) in [5, 5.41) is 15.5. The molecular weight excluding hydrogens is 453 g/mol. The van der Waals surface area contributed by atoms with Crippen molar-refractivity contribution in [2.75, 3.05) is 26.2 Å². The molecule has 1 aromatic rings. The first-order valence-corrected chi connectivity index (χ1v) is 10.4. The first-order chi connectivity index (χ1) is 12.7. The highest BCUT2D eigenvalue weighted by Crippen LogP contribution is 2.14. The molecule has 1 unspecified atom stereocenters. The van der Waals surface area contributed by atoms with Crippen molar-refractivity contribution in [3.63, 3.8) is 0 Å². The largest absolute Gasteiger partial charge is 0.357 e. The molecule has 0 radical (unpaired) electrons. The fourth-order valence-electron chi connectivity index (χ4n) is 3.42. The minimum Gasteiger partial charge on any atom is -0.357 e. The number of aromatic nitrogens is 3. The molecule has 1 aliphatic heterocycles. The van der Waals surface area contributed by atoms with Crippen LogP contribution in [0.3, 0.4) is 0 Å². The van der Waals surface area contributed by atoms with Crippen molar-refractivity contribution in [1.82, 2.24) is 30.3 Å². The Bertz CT molecular complexity index is 554. The number of aryl methyl sites for hydroxylation is 1. The molecule has 0 spiro atoms. The second kappa shape index (κ2) is 13.3. The molecule has 1 atom stereocenters. The Balaban J connectivity index is 0.00000364. The van der Waals surface area contributed by atoms with E-state index in [1.165, 1.54) is 25.8 Å². The Labute approximate surface area is 181 Å². The van der Waals surface area contributed by atoms with Crippen LogP contribution in [0.1, 0.15) is 65.0 Å². The third-order valence-corrected chi connectivity index (χ3v) is 5.05. The maximum absolute atomic E-state index is 4.74. The number of rotatable bonds is 10. The van der Waals surface area contributed by atoms with Gasteiger partial charge in [0.05, 0.1) is 0 Å². The molecule has 0 saturated heterocycles. The molecule has 1 aromatic heterocycles. The molecule has 0 fully saturated rings. The summed E-state index contributed by atoms with van der Waals surface area (Å²) in [6, 6.07) is 0.399. The quantitative estimate of drug-likeness (QED) is 0.299. The number of aliphatic imine (C=N–C) groups is 1. The molecule has 27 heavy (non-hydrogen) atoms. The van der Waals surface area contributed by atoms with Gasteiger partial charge < -0.3 is 20.1 Å². The Morgan fingerprint density at radius 1 is 1.22 bits per heavy atom. The van der Waals surface area contributed by atoms with Crippen molar-refractivity contribution in [2.45, 2.75) is 78.9 Å². The van der Waals surface area contributed by atoms with Gasteiger partial charge in [0, 0.05) is 25.6 Å². The summed E-state index contributed by atoms with van der Waals surface area (Å²) in [4.78, 5) is 7.21. The zero-order valence-electron chi connectivity index (χ0n) is 17.5. The van der Waals surface area contributed by atoms with Crippen LogP contribution < -0.4 is 10.6 Å². The van der Waals surface area contributed by atoms with Crippen LogP contribution >= 0.6 is 24.0 Å². The Kier molecular flexibility index (Phi) is 11.9. The summed E-state index contributed by atoms with van der Waals surface area (Å²) in [6.45, 7) is 14.7. The van der Waals surface area contributed by atoms with Crippen LogP contribution in [0.25, 0.3) is 0 Å². The van der Waals surface area contributed by atoms with E-state index in [2.05, 4.69) is 58.0 Å². The maximum atomic E-state index is 4.74. The molecule has 0 aliphatic carbocycles. The van der Waals surface area contributed by atoms with Crippen molar-refractivity contribution in [3.05, 3.63) is 11.6 Å². The Hall–Kier alpha value is -0.900. The van der Waals surface area contributed by atoms with Crippen molar-refractivity contribution < 1.29 is 0 Å². The van der Waals surface area contributed by atoms with Crippen LogP contribution in [0.5, 0.6) is 0 Å². The molecule has 8 heteroatoms. The normalized spacial score (nSPS) is 15.2. The second-order valence-electron chi connectivity index (χ2n) is 7.05. The number of halogens is 1. The highest BCUT2D eigenvalue weighted by molar-refractivity contribution is 14.0. The van der Waals surface area contributed by atoms with E-state index in [1.807, 2.05) is 0 Å². The lowest BCUT2D eigenvalue weighted by Gasteiger charge is -2.21. The van der Waals surface area contributed by atoms with Crippen molar-refractivity contribution in [2.24, 2.45) is 4.99 Å². The number of nitrogens with zero attached hydrogens (tertiary/aromatic N) is 5. The number of nitrogens with one attached hydrogen (secondary N) is 2. The summed E-state index contributed by atoms with van der Waals surface area (Å²) < 4.78 is 2.24. The third-order valence-electron chi connectivity index (χ3n) is 5.05. The lowest BCUT2D eigenvalue weighted by atomic mass is 10.1. The van der Waals surface area contributed by atoms with Crippen molar-refractivity contribution in [3.8, 4) is 0 Å². The topological polar surface area (TPSA) is 70.4 Å². The predicted octanol–water partition coefficient (Wildman–Crippen LogP) is 2.80. The standard InChI is InChI=1S/C19H37N7.HI/c1-5-20-19(22-16(4)11-10-13-25(6-2)7-3)21-15-18-24-23-17-12-8-9-14-26(17)18;/h16H,5-15H2,1-4H3,(H2,20,21,22);1H. The van der Waals surface area contributed by atoms with E-state index in [4.69, 9.17) is 4.99 Å². The Morgan fingerprint density at radius 3 is 2.70 bits per heavy atom. The zero-order chi connectivity index (χ0) is 18.8. The number of guanidine groups is 1. The van der Waals surface area contributed by atoms with Gasteiger partial charge in [0.1, 0.15) is 12.4 Å². The smallest absolute Gasteiger partial charge is 0.191 e. The van der Waals surface area contributed by atoms with Gasteiger partial charge in [0.15, 0.2) is 11.8 Å². The SMILES string of the molecule is CCNC(=NCc1nnc2n1CCCC2)NC(C)CCCN(CC)CC.I. The molecule has 156 valence electrons. The van der Waals surface area contributed by atoms with Crippen LogP contribution in [0.4, 0.5) is 0 Å². The molecular formula is C19H38IN7. The summed E-state index contributed by atoms with van der Waals surface area (Å²) in [5.41, 5.74) is 0. The van der Waals surface area contributed by atoms with Gasteiger partial charge >= 0.3 is 0 Å². The van der Waals surface area contributed by atoms with Gasteiger partial charge in [-0.1, -0.05) is 13.8 Å². The van der Waals surface area contributed by atoms with Gasteiger partial charge in [0.2, 0.25) is 0 Å². The van der Waals surface area contributed by atoms with E-state index >= 15 is 0 Å². The monoisotopic (exact) mass is 491 g/mol. The van der Waals surface area contributed by atoms with Gasteiger partial charge in [-0.05, 0) is 59.2 Å². The Morgan fingerprint density at radius 2 is 2.00 bits per heavy atom. The molecule has 2 heterocycles. The average molecular weight is 491 g/mol. The van der Waals surface area contributed by atoms with Gasteiger partial charge in [0.25, 0.3) is 0 Å². The molecule has 1 aliphatic rings. The van der Waals surface area contributed by atoms with Gasteiger partial charge in [-0.3, -0.25) is 0 Å². The predicted molar refractivity (Wildman–Crippen MR) is 123 cm³/mol. The van der Waals surface area contributed by atoms with E-state index in [9.17, 15) is 0 Å². The zero-order valence-corrected chi connectivity index (χ0v) is 19.8. The minimum atomic E-state index is 0. The number of hydrogen-bond acceptors (Lipinski definition) is 4. The third kappa shape index (κ3) is 7.93. The van der Waals surface area contributed by atoms with Gasteiger partial charge in [-0.15, -0.1) is 34.2 Å². The van der Waals surface area contributed by atoms with Crippen molar-refractivity contribution in [1.29, 1.82) is 0 Å². The number of fused-ring (bicyclic) bond motifs is 1. The van der Waals surface area contributed by atoms with E-state index in [0.717, 1.165) is 56.6 Å². The molecule has 0 amide bonds. The van der Waals surface area contributed by atoms with Crippen LogP contribution in [-0.2, 0) is 19.5 Å². The summed E-state index contributed by atoms with van der Waals surface area (Å²) in [7, 11) is 0. The molecule has 2 rings (SSSR count). The molecule has 0 bridgehead atoms. The summed E-state index contributed by atoms with van der Waals surface area (Å²) in [5.74, 6) is 2.96. The molecule has 2 N–H and O–H groups in total. The van der Waals surface area contributed by atoms with E-state index in [0.29, 0.717) is 12.6 Å². The lowest BCUT2D eigenvalue weighted by molar-refractivity contribution is 0.292. The van der Waals surface area contributed by atoms with Crippen LogP contribution in [0.2, 0.25) is 0 Å². The highest BCUT2D eigenvalue weighted by Gasteiger charge is 2.15. The first-order valence-electron chi connectivity index (χ1n) is 10.4. The van der Waals surface area contributed by atoms with Crippen molar-refractivity contribution >= 4 is 29.9 Å². The maximum Gasteiger partial charge on any atom is 0.191 e. The van der Waals surface area contributed by atoms with Gasteiger partial charge in [-0.25, -0.2) is 4.99 Å². The second-order valence-corrected chi connectivity index (χ2v) is 7.05. The van der Waals surface area contributed by atoms with E-state index in [-0.39, 0.29) is 24.0 Å². The lowest BCUT2D eigenvalue weighted by Crippen LogP contribution is -2.42. The summed E-state index contributed by atoms with van der Waals surface area (Å²) in [6.07, 6.45) is 5.81. The minimum absolute atomic E-state index is 0. The molecule has 7 nitrogen and oxygen atoms in total. The van der Waals surface area contributed by atoms with Crippen LogP contribution in [0.15, 0.2) is 4.99 Å².